The molecule has 0 atom stereocenters. The number of aromatic nitrogens is 4. The summed E-state index contributed by atoms with van der Waals surface area (Å²) in [5, 5.41) is 11.4. The minimum atomic E-state index is 0.00333. The standard InChI is InChI=1S/C10H10N4O/c1-14-12-10(11-13-14)7-9(15)8-5-3-2-4-6-8/h2-6H,7H2,1H3. The first kappa shape index (κ1) is 9.51. The molecule has 2 aromatic rings. The van der Waals surface area contributed by atoms with E-state index in [1.54, 1.807) is 19.2 Å². The van der Waals surface area contributed by atoms with Crippen LogP contribution in [-0.2, 0) is 13.5 Å². The van der Waals surface area contributed by atoms with E-state index >= 15 is 0 Å². The number of carbonyl (C=O) groups excluding carboxylic acids is 1. The van der Waals surface area contributed by atoms with Gasteiger partial charge in [-0.1, -0.05) is 30.3 Å². The monoisotopic (exact) mass is 202 g/mol. The summed E-state index contributed by atoms with van der Waals surface area (Å²) < 4.78 is 0. The second kappa shape index (κ2) is 4.00. The average molecular weight is 202 g/mol. The smallest absolute Gasteiger partial charge is 0.182 e. The Hall–Kier alpha value is -2.04. The van der Waals surface area contributed by atoms with Crippen LogP contribution in [-0.4, -0.2) is 26.0 Å². The Bertz CT molecular complexity index is 463. The number of ketones is 1. The van der Waals surface area contributed by atoms with Gasteiger partial charge in [-0.2, -0.15) is 4.80 Å². The Balaban J connectivity index is 2.11. The molecule has 15 heavy (non-hydrogen) atoms. The zero-order valence-corrected chi connectivity index (χ0v) is 8.29. The van der Waals surface area contributed by atoms with Gasteiger partial charge in [-0.15, -0.1) is 10.2 Å². The molecule has 0 saturated heterocycles. The fraction of sp³-hybridized carbons (Fsp3) is 0.200. The summed E-state index contributed by atoms with van der Waals surface area (Å²) in [4.78, 5) is 13.0. The van der Waals surface area contributed by atoms with Crippen molar-refractivity contribution in [1.82, 2.24) is 20.2 Å². The molecule has 1 aromatic carbocycles. The number of carbonyl (C=O) groups is 1. The van der Waals surface area contributed by atoms with Crippen molar-refractivity contribution < 1.29 is 4.79 Å². The number of rotatable bonds is 3. The van der Waals surface area contributed by atoms with Crippen LogP contribution in [0.4, 0.5) is 0 Å². The molecule has 0 unspecified atom stereocenters. The number of nitrogens with zero attached hydrogens (tertiary/aromatic N) is 4. The van der Waals surface area contributed by atoms with Crippen LogP contribution in [0, 0.1) is 0 Å². The van der Waals surface area contributed by atoms with Crippen molar-refractivity contribution in [2.24, 2.45) is 7.05 Å². The maximum absolute atomic E-state index is 11.7. The van der Waals surface area contributed by atoms with Gasteiger partial charge in [-0.25, -0.2) is 0 Å². The Morgan fingerprint density at radius 2 is 2.07 bits per heavy atom. The lowest BCUT2D eigenvalue weighted by molar-refractivity contribution is 0.0990. The second-order valence-electron chi connectivity index (χ2n) is 3.16. The largest absolute Gasteiger partial charge is 0.294 e. The van der Waals surface area contributed by atoms with Crippen molar-refractivity contribution >= 4 is 5.78 Å². The van der Waals surface area contributed by atoms with Gasteiger partial charge in [0.2, 0.25) is 0 Å². The Morgan fingerprint density at radius 1 is 1.33 bits per heavy atom. The van der Waals surface area contributed by atoms with Crippen LogP contribution >= 0.6 is 0 Å². The summed E-state index contributed by atoms with van der Waals surface area (Å²) in [6, 6.07) is 9.09. The SMILES string of the molecule is Cn1nnc(CC(=O)c2ccccc2)n1. The molecule has 76 valence electrons. The normalized spacial score (nSPS) is 10.2. The van der Waals surface area contributed by atoms with Gasteiger partial charge < -0.3 is 0 Å². The lowest BCUT2D eigenvalue weighted by atomic mass is 10.1. The fourth-order valence-electron chi connectivity index (χ4n) is 1.26. The van der Waals surface area contributed by atoms with E-state index in [4.69, 9.17) is 0 Å². The van der Waals surface area contributed by atoms with Gasteiger partial charge in [0, 0.05) is 5.56 Å². The minimum absolute atomic E-state index is 0.00333. The number of Topliss-reactive ketones (excluding diaryl/α,β-unsaturated/α-hetero) is 1. The van der Waals surface area contributed by atoms with Crippen LogP contribution in [0.3, 0.4) is 0 Å². The molecule has 0 radical (unpaired) electrons. The van der Waals surface area contributed by atoms with Gasteiger partial charge in [-0.05, 0) is 5.21 Å². The summed E-state index contributed by atoms with van der Waals surface area (Å²) in [6.45, 7) is 0. The molecule has 0 aliphatic heterocycles. The van der Waals surface area contributed by atoms with E-state index in [1.807, 2.05) is 18.2 Å². The van der Waals surface area contributed by atoms with Crippen LogP contribution in [0.5, 0.6) is 0 Å². The third-order valence-electron chi connectivity index (χ3n) is 1.96. The van der Waals surface area contributed by atoms with E-state index in [-0.39, 0.29) is 12.2 Å². The summed E-state index contributed by atoms with van der Waals surface area (Å²) in [6.07, 6.45) is 0.192. The van der Waals surface area contributed by atoms with Gasteiger partial charge >= 0.3 is 0 Å². The maximum atomic E-state index is 11.7. The van der Waals surface area contributed by atoms with Crippen LogP contribution < -0.4 is 0 Å². The predicted octanol–water partition coefficient (Wildman–Crippen LogP) is 0.635. The van der Waals surface area contributed by atoms with Gasteiger partial charge in [0.15, 0.2) is 11.6 Å². The zero-order valence-electron chi connectivity index (χ0n) is 8.29. The summed E-state index contributed by atoms with van der Waals surface area (Å²) in [7, 11) is 1.67. The van der Waals surface area contributed by atoms with Crippen LogP contribution in [0.2, 0.25) is 0 Å². The third kappa shape index (κ3) is 2.25. The van der Waals surface area contributed by atoms with E-state index in [0.717, 1.165) is 0 Å². The molecule has 2 rings (SSSR count). The average Bonchev–Trinajstić information content (AvgIpc) is 2.65. The molecule has 0 amide bonds. The lowest BCUT2D eigenvalue weighted by Crippen LogP contribution is -2.05. The van der Waals surface area contributed by atoms with Crippen LogP contribution in [0.25, 0.3) is 0 Å². The Labute approximate surface area is 86.7 Å². The fourth-order valence-corrected chi connectivity index (χ4v) is 1.26. The second-order valence-corrected chi connectivity index (χ2v) is 3.16. The molecular formula is C10H10N4O. The first-order valence-electron chi connectivity index (χ1n) is 4.57. The number of hydrogen-bond donors (Lipinski definition) is 0. The molecule has 0 aliphatic carbocycles. The lowest BCUT2D eigenvalue weighted by Gasteiger charge is -1.95. The third-order valence-corrected chi connectivity index (χ3v) is 1.96. The quantitative estimate of drug-likeness (QED) is 0.685. The summed E-state index contributed by atoms with van der Waals surface area (Å²) in [5.41, 5.74) is 0.671. The minimum Gasteiger partial charge on any atom is -0.294 e. The molecule has 1 heterocycles. The van der Waals surface area contributed by atoms with Crippen LogP contribution in [0.15, 0.2) is 30.3 Å². The van der Waals surface area contributed by atoms with E-state index in [9.17, 15) is 4.79 Å². The van der Waals surface area contributed by atoms with Crippen molar-refractivity contribution in [3.05, 3.63) is 41.7 Å². The van der Waals surface area contributed by atoms with Crippen molar-refractivity contribution in [2.75, 3.05) is 0 Å². The first-order valence-corrected chi connectivity index (χ1v) is 4.57. The van der Waals surface area contributed by atoms with Crippen molar-refractivity contribution in [2.45, 2.75) is 6.42 Å². The van der Waals surface area contributed by atoms with Crippen molar-refractivity contribution in [3.63, 3.8) is 0 Å². The van der Waals surface area contributed by atoms with Gasteiger partial charge in [-0.3, -0.25) is 4.79 Å². The van der Waals surface area contributed by atoms with E-state index < -0.39 is 0 Å². The van der Waals surface area contributed by atoms with Crippen molar-refractivity contribution in [3.8, 4) is 0 Å². The number of tetrazole rings is 1. The molecule has 0 bridgehead atoms. The Kier molecular flexibility index (Phi) is 2.53. The number of benzene rings is 1. The van der Waals surface area contributed by atoms with Crippen molar-refractivity contribution in [1.29, 1.82) is 0 Å². The highest BCUT2D eigenvalue weighted by molar-refractivity contribution is 5.96. The topological polar surface area (TPSA) is 60.7 Å². The summed E-state index contributed by atoms with van der Waals surface area (Å²) >= 11 is 0. The number of hydrogen-bond acceptors (Lipinski definition) is 4. The zero-order chi connectivity index (χ0) is 10.7. The molecule has 0 spiro atoms. The van der Waals surface area contributed by atoms with E-state index in [0.29, 0.717) is 11.4 Å². The molecule has 5 heteroatoms. The van der Waals surface area contributed by atoms with Crippen LogP contribution in [0.1, 0.15) is 16.2 Å². The molecule has 1 aromatic heterocycles. The summed E-state index contributed by atoms with van der Waals surface area (Å²) in [5.74, 6) is 0.454. The highest BCUT2D eigenvalue weighted by Gasteiger charge is 2.09. The maximum Gasteiger partial charge on any atom is 0.182 e. The molecule has 0 saturated carbocycles. The predicted molar refractivity (Wildman–Crippen MR) is 53.3 cm³/mol. The van der Waals surface area contributed by atoms with E-state index in [2.05, 4.69) is 15.4 Å². The molecule has 0 aliphatic rings. The molecule has 5 nitrogen and oxygen atoms in total. The van der Waals surface area contributed by atoms with Gasteiger partial charge in [0.1, 0.15) is 0 Å². The first-order chi connectivity index (χ1) is 7.25. The molecule has 0 N–H and O–H groups in total. The van der Waals surface area contributed by atoms with E-state index in [1.165, 1.54) is 4.80 Å². The molecule has 0 fully saturated rings. The Morgan fingerprint density at radius 3 is 2.67 bits per heavy atom. The number of aryl methyl sites for hydroxylation is 1. The molecular weight excluding hydrogens is 192 g/mol. The van der Waals surface area contributed by atoms with Gasteiger partial charge in [0.05, 0.1) is 13.5 Å². The highest BCUT2D eigenvalue weighted by atomic mass is 16.1. The highest BCUT2D eigenvalue weighted by Crippen LogP contribution is 2.03. The van der Waals surface area contributed by atoms with Gasteiger partial charge in [0.25, 0.3) is 0 Å².